The zero-order chi connectivity index (χ0) is 13.9. The van der Waals surface area contributed by atoms with E-state index in [1.165, 1.54) is 18.3 Å². The van der Waals surface area contributed by atoms with Crippen LogP contribution in [0.2, 0.25) is 0 Å². The number of aromatic nitrogens is 2. The highest BCUT2D eigenvalue weighted by Crippen LogP contribution is 2.31. The Hall–Kier alpha value is -3.02. The minimum absolute atomic E-state index is 0.0457. The quantitative estimate of drug-likeness (QED) is 0.537. The first-order chi connectivity index (χ1) is 9.75. The van der Waals surface area contributed by atoms with Gasteiger partial charge in [0.05, 0.1) is 4.92 Å². The Labute approximate surface area is 113 Å². The van der Waals surface area contributed by atoms with Crippen molar-refractivity contribution < 1.29 is 9.66 Å². The Bertz CT molecular complexity index is 784. The first kappa shape index (κ1) is 12.0. The van der Waals surface area contributed by atoms with Gasteiger partial charge in [0.25, 0.3) is 5.88 Å². The molecule has 0 saturated heterocycles. The lowest BCUT2D eigenvalue weighted by Crippen LogP contribution is -1.96. The number of hydrogen-bond donors (Lipinski definition) is 0. The van der Waals surface area contributed by atoms with Crippen molar-refractivity contribution in [1.82, 2.24) is 9.97 Å². The van der Waals surface area contributed by atoms with Gasteiger partial charge in [0.1, 0.15) is 5.52 Å². The van der Waals surface area contributed by atoms with E-state index in [2.05, 4.69) is 9.97 Å². The second kappa shape index (κ2) is 4.93. The maximum atomic E-state index is 10.9. The van der Waals surface area contributed by atoms with Gasteiger partial charge in [-0.1, -0.05) is 18.2 Å². The Morgan fingerprint density at radius 3 is 2.60 bits per heavy atom. The van der Waals surface area contributed by atoms with E-state index in [4.69, 9.17) is 4.74 Å². The minimum Gasteiger partial charge on any atom is -0.431 e. The van der Waals surface area contributed by atoms with Crippen molar-refractivity contribution >= 4 is 16.6 Å². The van der Waals surface area contributed by atoms with Crippen LogP contribution < -0.4 is 4.74 Å². The molecule has 0 radical (unpaired) electrons. The molecule has 3 rings (SSSR count). The number of ether oxygens (including phenoxy) is 1. The summed E-state index contributed by atoms with van der Waals surface area (Å²) in [6.45, 7) is 0. The van der Waals surface area contributed by atoms with Crippen molar-refractivity contribution in [3.63, 3.8) is 0 Å². The fourth-order valence-corrected chi connectivity index (χ4v) is 1.86. The van der Waals surface area contributed by atoms with Gasteiger partial charge >= 0.3 is 5.69 Å². The van der Waals surface area contributed by atoms with Crippen molar-refractivity contribution in [1.29, 1.82) is 0 Å². The molecule has 20 heavy (non-hydrogen) atoms. The van der Waals surface area contributed by atoms with Gasteiger partial charge in [-0.25, -0.2) is 4.98 Å². The van der Waals surface area contributed by atoms with Crippen molar-refractivity contribution in [3.05, 3.63) is 65.0 Å². The van der Waals surface area contributed by atoms with Crippen molar-refractivity contribution in [2.24, 2.45) is 0 Å². The van der Waals surface area contributed by atoms with Crippen LogP contribution in [0.25, 0.3) is 10.9 Å². The van der Waals surface area contributed by atoms with Gasteiger partial charge in [0.2, 0.25) is 0 Å². The molecule has 0 aliphatic heterocycles. The molecule has 0 atom stereocenters. The van der Waals surface area contributed by atoms with Crippen LogP contribution in [0.15, 0.2) is 54.9 Å². The minimum atomic E-state index is -0.527. The van der Waals surface area contributed by atoms with Crippen LogP contribution in [-0.2, 0) is 0 Å². The van der Waals surface area contributed by atoms with Crippen LogP contribution in [0.5, 0.6) is 11.6 Å². The molecular formula is C14H9N3O3. The van der Waals surface area contributed by atoms with Gasteiger partial charge in [0, 0.05) is 23.8 Å². The van der Waals surface area contributed by atoms with E-state index in [-0.39, 0.29) is 11.6 Å². The highest BCUT2D eigenvalue weighted by molar-refractivity contribution is 5.84. The van der Waals surface area contributed by atoms with E-state index in [0.717, 1.165) is 5.39 Å². The van der Waals surface area contributed by atoms with E-state index < -0.39 is 4.92 Å². The summed E-state index contributed by atoms with van der Waals surface area (Å²) in [5.41, 5.74) is 0.454. The molecule has 0 bridgehead atoms. The smallest absolute Gasteiger partial charge is 0.331 e. The van der Waals surface area contributed by atoms with Crippen LogP contribution in [0, 0.1) is 10.1 Å². The summed E-state index contributed by atoms with van der Waals surface area (Å²) in [7, 11) is 0. The normalized spacial score (nSPS) is 10.4. The lowest BCUT2D eigenvalue weighted by atomic mass is 10.2. The van der Waals surface area contributed by atoms with Gasteiger partial charge in [-0.15, -0.1) is 0 Å². The largest absolute Gasteiger partial charge is 0.431 e. The van der Waals surface area contributed by atoms with Gasteiger partial charge in [-0.3, -0.25) is 15.1 Å². The third-order valence-corrected chi connectivity index (χ3v) is 2.75. The van der Waals surface area contributed by atoms with Crippen LogP contribution in [0.4, 0.5) is 5.69 Å². The predicted octanol–water partition coefficient (Wildman–Crippen LogP) is 3.33. The summed E-state index contributed by atoms with van der Waals surface area (Å²) in [4.78, 5) is 18.6. The fourth-order valence-electron chi connectivity index (χ4n) is 1.86. The van der Waals surface area contributed by atoms with Gasteiger partial charge < -0.3 is 4.74 Å². The maximum absolute atomic E-state index is 10.9. The van der Waals surface area contributed by atoms with Crippen LogP contribution >= 0.6 is 0 Å². The zero-order valence-corrected chi connectivity index (χ0v) is 10.3. The molecule has 2 heterocycles. The van der Waals surface area contributed by atoms with Crippen molar-refractivity contribution in [2.75, 3.05) is 0 Å². The fraction of sp³-hybridized carbons (Fsp3) is 0. The average Bonchev–Trinajstić information content (AvgIpc) is 2.48. The first-order valence-electron chi connectivity index (χ1n) is 5.87. The van der Waals surface area contributed by atoms with Crippen molar-refractivity contribution in [2.45, 2.75) is 0 Å². The van der Waals surface area contributed by atoms with Crippen molar-refractivity contribution in [3.8, 4) is 11.6 Å². The summed E-state index contributed by atoms with van der Waals surface area (Å²) >= 11 is 0. The third-order valence-electron chi connectivity index (χ3n) is 2.75. The van der Waals surface area contributed by atoms with Crippen LogP contribution in [0.1, 0.15) is 0 Å². The van der Waals surface area contributed by atoms with E-state index in [9.17, 15) is 10.1 Å². The maximum Gasteiger partial charge on any atom is 0.331 e. The Balaban J connectivity index is 2.08. The van der Waals surface area contributed by atoms with Gasteiger partial charge in [0.15, 0.2) is 5.75 Å². The van der Waals surface area contributed by atoms with E-state index in [1.54, 1.807) is 18.3 Å². The topological polar surface area (TPSA) is 78.2 Å². The molecular weight excluding hydrogens is 258 g/mol. The number of benzene rings is 1. The summed E-state index contributed by atoms with van der Waals surface area (Å²) in [6.07, 6.45) is 3.09. The SMILES string of the molecule is O=[N+]([O-])c1cccnc1Oc1cccc2cccnc12. The predicted molar refractivity (Wildman–Crippen MR) is 72.7 cm³/mol. The Morgan fingerprint density at radius 1 is 1.00 bits per heavy atom. The average molecular weight is 267 g/mol. The summed E-state index contributed by atoms with van der Waals surface area (Å²) in [5, 5.41) is 11.8. The number of fused-ring (bicyclic) bond motifs is 1. The Kier molecular flexibility index (Phi) is 2.96. The number of nitrogens with zero attached hydrogens (tertiary/aromatic N) is 3. The van der Waals surface area contributed by atoms with E-state index in [1.807, 2.05) is 18.2 Å². The number of pyridine rings is 2. The molecule has 98 valence electrons. The highest BCUT2D eigenvalue weighted by Gasteiger charge is 2.17. The lowest BCUT2D eigenvalue weighted by Gasteiger charge is -2.07. The molecule has 2 aromatic heterocycles. The Morgan fingerprint density at radius 2 is 1.75 bits per heavy atom. The summed E-state index contributed by atoms with van der Waals surface area (Å²) < 4.78 is 5.57. The molecule has 6 heteroatoms. The summed E-state index contributed by atoms with van der Waals surface area (Å²) in [6, 6.07) is 11.9. The third kappa shape index (κ3) is 2.14. The standard InChI is InChI=1S/C14H9N3O3/c18-17(19)11-6-3-9-16-14(11)20-12-7-1-4-10-5-2-8-15-13(10)12/h1-9H. The molecule has 0 fully saturated rings. The second-order valence-corrected chi connectivity index (χ2v) is 4.02. The van der Waals surface area contributed by atoms with Crippen LogP contribution in [0.3, 0.4) is 0 Å². The molecule has 0 aliphatic carbocycles. The number of para-hydroxylation sites is 1. The molecule has 6 nitrogen and oxygen atoms in total. The van der Waals surface area contributed by atoms with Crippen LogP contribution in [-0.4, -0.2) is 14.9 Å². The molecule has 0 N–H and O–H groups in total. The lowest BCUT2D eigenvalue weighted by molar-refractivity contribution is -0.386. The van der Waals surface area contributed by atoms with E-state index in [0.29, 0.717) is 11.3 Å². The molecule has 0 saturated carbocycles. The molecule has 0 spiro atoms. The van der Waals surface area contributed by atoms with Gasteiger partial charge in [-0.05, 0) is 18.2 Å². The molecule has 3 aromatic rings. The summed E-state index contributed by atoms with van der Waals surface area (Å²) in [5.74, 6) is 0.389. The number of hydrogen-bond acceptors (Lipinski definition) is 5. The van der Waals surface area contributed by atoms with Gasteiger partial charge in [-0.2, -0.15) is 0 Å². The first-order valence-corrected chi connectivity index (χ1v) is 5.87. The number of nitro groups is 1. The monoisotopic (exact) mass is 267 g/mol. The van der Waals surface area contributed by atoms with E-state index >= 15 is 0 Å². The molecule has 0 amide bonds. The number of rotatable bonds is 3. The second-order valence-electron chi connectivity index (χ2n) is 4.02. The molecule has 0 aliphatic rings. The molecule has 0 unspecified atom stereocenters. The molecule has 1 aromatic carbocycles. The highest BCUT2D eigenvalue weighted by atomic mass is 16.6. The zero-order valence-electron chi connectivity index (χ0n) is 10.3.